The molecule has 33 heavy (non-hydrogen) atoms. The van der Waals surface area contributed by atoms with Crippen LogP contribution in [-0.2, 0) is 16.0 Å². The molecule has 1 aliphatic heterocycles. The molecule has 1 aromatic carbocycles. The Morgan fingerprint density at radius 3 is 2.55 bits per heavy atom. The van der Waals surface area contributed by atoms with Crippen LogP contribution in [0.4, 0.5) is 5.82 Å². The number of unbranched alkanes of at least 4 members (excludes halogenated alkanes) is 2. The van der Waals surface area contributed by atoms with E-state index in [1.54, 1.807) is 17.9 Å². The van der Waals surface area contributed by atoms with Gasteiger partial charge in [0.25, 0.3) is 5.91 Å². The Hall–Kier alpha value is -2.71. The summed E-state index contributed by atoms with van der Waals surface area (Å²) in [6.07, 6.45) is 5.35. The Morgan fingerprint density at radius 2 is 1.88 bits per heavy atom. The van der Waals surface area contributed by atoms with Gasteiger partial charge in [-0.3, -0.25) is 14.5 Å². The van der Waals surface area contributed by atoms with Gasteiger partial charge in [-0.25, -0.2) is 0 Å². The first kappa shape index (κ1) is 24.9. The van der Waals surface area contributed by atoms with Crippen LogP contribution in [0.25, 0.3) is 0 Å². The van der Waals surface area contributed by atoms with Crippen molar-refractivity contribution in [2.75, 3.05) is 51.3 Å². The molecule has 2 aromatic rings. The fourth-order valence-corrected chi connectivity index (χ4v) is 3.92. The summed E-state index contributed by atoms with van der Waals surface area (Å²) in [4.78, 5) is 29.8. The van der Waals surface area contributed by atoms with Gasteiger partial charge in [0.2, 0.25) is 5.91 Å². The number of anilines is 1. The number of nitrogens with zero attached hydrogens (tertiary/aromatic N) is 3. The zero-order valence-corrected chi connectivity index (χ0v) is 19.8. The maximum absolute atomic E-state index is 13.3. The Morgan fingerprint density at radius 1 is 1.12 bits per heavy atom. The number of carbonyl (C=O) groups is 2. The number of hydrogen-bond acceptors (Lipinski definition) is 6. The van der Waals surface area contributed by atoms with Gasteiger partial charge >= 0.3 is 0 Å². The predicted octanol–water partition coefficient (Wildman–Crippen LogP) is 3.52. The highest BCUT2D eigenvalue weighted by molar-refractivity contribution is 5.99. The van der Waals surface area contributed by atoms with E-state index in [-0.39, 0.29) is 18.4 Å². The summed E-state index contributed by atoms with van der Waals surface area (Å²) in [5.41, 5.74) is 1.84. The van der Waals surface area contributed by atoms with Crippen LogP contribution in [-0.4, -0.2) is 72.7 Å². The SMILES string of the molecule is CCCCCc1ccc(C(=O)N(CCCN2CCOCC2)CC(=O)Nc2cc(C)on2)cc1. The molecule has 0 radical (unpaired) electrons. The molecule has 8 nitrogen and oxygen atoms in total. The van der Waals surface area contributed by atoms with Gasteiger partial charge in [0, 0.05) is 37.8 Å². The normalized spacial score (nSPS) is 14.2. The van der Waals surface area contributed by atoms with E-state index in [0.29, 0.717) is 23.7 Å². The lowest BCUT2D eigenvalue weighted by atomic mass is 10.0. The van der Waals surface area contributed by atoms with Gasteiger partial charge in [-0.1, -0.05) is 37.1 Å². The molecule has 0 spiro atoms. The minimum atomic E-state index is -0.292. The number of carbonyl (C=O) groups excluding carboxylic acids is 2. The average molecular weight is 457 g/mol. The fraction of sp³-hybridized carbons (Fsp3) is 0.560. The molecule has 2 amide bonds. The molecular formula is C25H36N4O4. The third kappa shape index (κ3) is 8.29. The number of ether oxygens (including phenoxy) is 1. The van der Waals surface area contributed by atoms with E-state index in [1.165, 1.54) is 18.4 Å². The summed E-state index contributed by atoms with van der Waals surface area (Å²) in [7, 11) is 0. The largest absolute Gasteiger partial charge is 0.379 e. The first-order valence-electron chi connectivity index (χ1n) is 12.0. The number of aryl methyl sites for hydroxylation is 2. The number of benzene rings is 1. The van der Waals surface area contributed by atoms with Crippen molar-refractivity contribution < 1.29 is 18.8 Å². The third-order valence-electron chi connectivity index (χ3n) is 5.79. The van der Waals surface area contributed by atoms with Crippen LogP contribution < -0.4 is 5.32 Å². The predicted molar refractivity (Wildman–Crippen MR) is 127 cm³/mol. The molecule has 8 heteroatoms. The van der Waals surface area contributed by atoms with Gasteiger partial charge < -0.3 is 19.5 Å². The number of nitrogens with one attached hydrogen (secondary N) is 1. The van der Waals surface area contributed by atoms with Crippen molar-refractivity contribution in [3.63, 3.8) is 0 Å². The Bertz CT molecular complexity index is 875. The second-order valence-corrected chi connectivity index (χ2v) is 8.56. The van der Waals surface area contributed by atoms with Crippen molar-refractivity contribution in [1.29, 1.82) is 0 Å². The summed E-state index contributed by atoms with van der Waals surface area (Å²) < 4.78 is 10.4. The highest BCUT2D eigenvalue weighted by Crippen LogP contribution is 2.13. The van der Waals surface area contributed by atoms with Gasteiger partial charge in [-0.05, 0) is 43.9 Å². The van der Waals surface area contributed by atoms with E-state index in [0.717, 1.165) is 52.1 Å². The van der Waals surface area contributed by atoms with Gasteiger partial charge in [0.1, 0.15) is 12.3 Å². The van der Waals surface area contributed by atoms with E-state index in [2.05, 4.69) is 22.3 Å². The van der Waals surface area contributed by atoms with Crippen molar-refractivity contribution in [2.45, 2.75) is 46.0 Å². The quantitative estimate of drug-likeness (QED) is 0.492. The Labute approximate surface area is 196 Å². The molecule has 0 saturated carbocycles. The summed E-state index contributed by atoms with van der Waals surface area (Å²) in [6.45, 7) is 8.57. The number of aromatic nitrogens is 1. The summed E-state index contributed by atoms with van der Waals surface area (Å²) in [5, 5.41) is 6.51. The molecule has 180 valence electrons. The van der Waals surface area contributed by atoms with Gasteiger partial charge in [-0.15, -0.1) is 0 Å². The molecule has 1 saturated heterocycles. The third-order valence-corrected chi connectivity index (χ3v) is 5.79. The molecule has 0 aliphatic carbocycles. The van der Waals surface area contributed by atoms with Crippen LogP contribution in [0, 0.1) is 6.92 Å². The monoisotopic (exact) mass is 456 g/mol. The second-order valence-electron chi connectivity index (χ2n) is 8.56. The van der Waals surface area contributed by atoms with Crippen LogP contribution in [0.2, 0.25) is 0 Å². The standard InChI is InChI=1S/C25H36N4O4/c1-3-4-5-7-21-8-10-22(11-9-21)25(31)29(13-6-12-28-14-16-32-17-15-28)19-24(30)26-23-18-20(2)33-27-23/h8-11,18H,3-7,12-17,19H2,1-2H3,(H,26,27,30). The Kier molecular flexibility index (Phi) is 9.90. The topological polar surface area (TPSA) is 87.9 Å². The first-order valence-corrected chi connectivity index (χ1v) is 12.0. The van der Waals surface area contributed by atoms with Gasteiger partial charge in [0.05, 0.1) is 13.2 Å². The smallest absolute Gasteiger partial charge is 0.254 e. The van der Waals surface area contributed by atoms with E-state index in [4.69, 9.17) is 9.26 Å². The molecule has 0 unspecified atom stereocenters. The second kappa shape index (κ2) is 13.1. The van der Waals surface area contributed by atoms with Crippen molar-refractivity contribution in [1.82, 2.24) is 15.0 Å². The van der Waals surface area contributed by atoms with Crippen LogP contribution in [0.5, 0.6) is 0 Å². The Balaban J connectivity index is 1.61. The zero-order chi connectivity index (χ0) is 23.5. The number of morpholine rings is 1. The zero-order valence-electron chi connectivity index (χ0n) is 19.8. The maximum atomic E-state index is 13.3. The minimum Gasteiger partial charge on any atom is -0.379 e. The van der Waals surface area contributed by atoms with Crippen molar-refractivity contribution in [3.8, 4) is 0 Å². The first-order chi connectivity index (χ1) is 16.0. The lowest BCUT2D eigenvalue weighted by Gasteiger charge is -2.28. The maximum Gasteiger partial charge on any atom is 0.254 e. The molecule has 0 bridgehead atoms. The molecule has 1 N–H and O–H groups in total. The minimum absolute atomic E-state index is 0.0356. The lowest BCUT2D eigenvalue weighted by Crippen LogP contribution is -2.41. The van der Waals surface area contributed by atoms with Gasteiger partial charge in [-0.2, -0.15) is 0 Å². The highest BCUT2D eigenvalue weighted by atomic mass is 16.5. The molecule has 0 atom stereocenters. The average Bonchev–Trinajstić information content (AvgIpc) is 3.23. The fourth-order valence-electron chi connectivity index (χ4n) is 3.92. The van der Waals surface area contributed by atoms with Crippen LogP contribution in [0.1, 0.15) is 54.3 Å². The molecule has 2 heterocycles. The summed E-state index contributed by atoms with van der Waals surface area (Å²) in [6, 6.07) is 9.44. The highest BCUT2D eigenvalue weighted by Gasteiger charge is 2.20. The summed E-state index contributed by atoms with van der Waals surface area (Å²) >= 11 is 0. The molecule has 1 aromatic heterocycles. The molecule has 1 fully saturated rings. The molecular weight excluding hydrogens is 420 g/mol. The van der Waals surface area contributed by atoms with Crippen LogP contribution >= 0.6 is 0 Å². The van der Waals surface area contributed by atoms with Crippen LogP contribution in [0.3, 0.4) is 0 Å². The summed E-state index contributed by atoms with van der Waals surface area (Å²) in [5.74, 6) is 0.542. The van der Waals surface area contributed by atoms with Gasteiger partial charge in [0.15, 0.2) is 5.82 Å². The van der Waals surface area contributed by atoms with Crippen molar-refractivity contribution in [2.24, 2.45) is 0 Å². The van der Waals surface area contributed by atoms with E-state index >= 15 is 0 Å². The van der Waals surface area contributed by atoms with Crippen molar-refractivity contribution >= 4 is 17.6 Å². The van der Waals surface area contributed by atoms with Crippen molar-refractivity contribution in [3.05, 3.63) is 47.2 Å². The number of hydrogen-bond donors (Lipinski definition) is 1. The number of rotatable bonds is 12. The number of amides is 2. The van der Waals surface area contributed by atoms with E-state index in [9.17, 15) is 9.59 Å². The van der Waals surface area contributed by atoms with Crippen LogP contribution in [0.15, 0.2) is 34.9 Å². The molecule has 1 aliphatic rings. The molecule has 3 rings (SSSR count). The van der Waals surface area contributed by atoms with E-state index < -0.39 is 0 Å². The lowest BCUT2D eigenvalue weighted by molar-refractivity contribution is -0.117. The van der Waals surface area contributed by atoms with E-state index in [1.807, 2.05) is 24.3 Å².